The van der Waals surface area contributed by atoms with E-state index in [1.54, 1.807) is 30.2 Å². The Bertz CT molecular complexity index is 1320. The highest BCUT2D eigenvalue weighted by Gasteiger charge is 2.49. The number of methoxy groups -OCH3 is 1. The summed E-state index contributed by atoms with van der Waals surface area (Å²) >= 11 is 0. The van der Waals surface area contributed by atoms with Crippen LogP contribution in [0.3, 0.4) is 0 Å². The van der Waals surface area contributed by atoms with Gasteiger partial charge in [-0.1, -0.05) is 36.1 Å². The summed E-state index contributed by atoms with van der Waals surface area (Å²) in [6, 6.07) is 21.8. The van der Waals surface area contributed by atoms with E-state index in [2.05, 4.69) is 34.2 Å². The summed E-state index contributed by atoms with van der Waals surface area (Å²) < 4.78 is 19.3. The van der Waals surface area contributed by atoms with Crippen molar-refractivity contribution >= 4 is 11.7 Å². The number of para-hydroxylation sites is 1. The predicted octanol–water partition coefficient (Wildman–Crippen LogP) is 4.69. The van der Waals surface area contributed by atoms with Gasteiger partial charge in [-0.2, -0.15) is 0 Å². The van der Waals surface area contributed by atoms with Gasteiger partial charge >= 0.3 is 6.03 Å². The molecule has 3 atom stereocenters. The second-order valence-electron chi connectivity index (χ2n) is 9.74. The van der Waals surface area contributed by atoms with Gasteiger partial charge in [0.15, 0.2) is 0 Å². The highest BCUT2D eigenvalue weighted by Crippen LogP contribution is 2.42. The number of hydrogen-bond acceptors (Lipinski definition) is 4. The van der Waals surface area contributed by atoms with E-state index >= 15 is 0 Å². The number of benzene rings is 3. The molecule has 0 spiro atoms. The van der Waals surface area contributed by atoms with Crippen molar-refractivity contribution in [3.8, 4) is 17.6 Å². The third-order valence-corrected chi connectivity index (χ3v) is 7.51. The van der Waals surface area contributed by atoms with Crippen molar-refractivity contribution in [1.29, 1.82) is 0 Å². The third kappa shape index (κ3) is 5.52. The number of aliphatic hydroxyl groups excluding tert-OH is 1. The molecular weight excluding hydrogens is 481 g/mol. The molecule has 7 heteroatoms. The molecule has 38 heavy (non-hydrogen) atoms. The monoisotopic (exact) mass is 513 g/mol. The molecule has 0 saturated carbocycles. The van der Waals surface area contributed by atoms with Gasteiger partial charge in [0.05, 0.1) is 19.4 Å². The van der Waals surface area contributed by atoms with E-state index in [1.165, 1.54) is 6.07 Å². The second kappa shape index (κ2) is 11.7. The molecule has 0 unspecified atom stereocenters. The minimum absolute atomic E-state index is 0.00538. The van der Waals surface area contributed by atoms with Gasteiger partial charge in [0.1, 0.15) is 11.6 Å². The van der Waals surface area contributed by atoms with Crippen LogP contribution in [0.2, 0.25) is 0 Å². The molecule has 3 aromatic carbocycles. The summed E-state index contributed by atoms with van der Waals surface area (Å²) in [6.07, 6.45) is 1.79. The minimum atomic E-state index is -0.452. The maximum Gasteiger partial charge on any atom is 0.321 e. The molecule has 2 heterocycles. The van der Waals surface area contributed by atoms with E-state index in [9.17, 15) is 14.3 Å². The number of amides is 2. The molecule has 0 bridgehead atoms. The molecule has 3 aromatic rings. The molecule has 2 aliphatic heterocycles. The fourth-order valence-corrected chi connectivity index (χ4v) is 5.49. The van der Waals surface area contributed by atoms with Crippen molar-refractivity contribution in [2.24, 2.45) is 0 Å². The molecule has 2 amide bonds. The summed E-state index contributed by atoms with van der Waals surface area (Å²) in [5.74, 6) is 6.82. The lowest BCUT2D eigenvalue weighted by atomic mass is 9.74. The first-order chi connectivity index (χ1) is 18.6. The first kappa shape index (κ1) is 25.8. The zero-order valence-electron chi connectivity index (χ0n) is 21.4. The molecule has 2 N–H and O–H groups in total. The molecule has 0 aromatic heterocycles. The third-order valence-electron chi connectivity index (χ3n) is 7.51. The van der Waals surface area contributed by atoms with Crippen LogP contribution in [0.15, 0.2) is 72.8 Å². The number of anilines is 1. The zero-order chi connectivity index (χ0) is 26.5. The van der Waals surface area contributed by atoms with Crippen LogP contribution in [0.25, 0.3) is 0 Å². The fraction of sp³-hybridized carbons (Fsp3) is 0.323. The van der Waals surface area contributed by atoms with Crippen LogP contribution in [0.4, 0.5) is 14.9 Å². The van der Waals surface area contributed by atoms with Gasteiger partial charge in [-0.15, -0.1) is 0 Å². The number of halogens is 1. The summed E-state index contributed by atoms with van der Waals surface area (Å²) in [7, 11) is 1.64. The van der Waals surface area contributed by atoms with Crippen LogP contribution < -0.4 is 10.1 Å². The Labute approximate surface area is 223 Å². The molecule has 2 saturated heterocycles. The van der Waals surface area contributed by atoms with E-state index in [1.807, 2.05) is 36.4 Å². The second-order valence-corrected chi connectivity index (χ2v) is 9.74. The van der Waals surface area contributed by atoms with E-state index < -0.39 is 5.82 Å². The number of nitrogens with one attached hydrogen (secondary N) is 1. The SMILES string of the molecule is COc1ccc(C#Cc2ccc([C@@H]3[C@@H](CO)N4CCCCN(C(=O)Nc5ccccc5F)C[C@@H]34)cc2)cc1. The Hall–Kier alpha value is -3.86. The zero-order valence-corrected chi connectivity index (χ0v) is 21.4. The molecule has 2 fully saturated rings. The number of fused-ring (bicyclic) bond motifs is 1. The largest absolute Gasteiger partial charge is 0.497 e. The smallest absolute Gasteiger partial charge is 0.321 e. The number of carbonyl (C=O) groups excluding carboxylic acids is 1. The van der Waals surface area contributed by atoms with Gasteiger partial charge in [-0.25, -0.2) is 9.18 Å². The lowest BCUT2D eigenvalue weighted by molar-refractivity contribution is -0.0585. The Morgan fingerprint density at radius 1 is 1.00 bits per heavy atom. The minimum Gasteiger partial charge on any atom is -0.497 e. The first-order valence-corrected chi connectivity index (χ1v) is 13.0. The molecule has 0 radical (unpaired) electrons. The van der Waals surface area contributed by atoms with Crippen molar-refractivity contribution in [3.63, 3.8) is 0 Å². The summed E-state index contributed by atoms with van der Waals surface area (Å²) in [5, 5.41) is 12.9. The van der Waals surface area contributed by atoms with Crippen LogP contribution in [0.5, 0.6) is 5.75 Å². The average Bonchev–Trinajstić information content (AvgIpc) is 2.93. The van der Waals surface area contributed by atoms with Gasteiger partial charge in [0.2, 0.25) is 0 Å². The van der Waals surface area contributed by atoms with Crippen LogP contribution in [-0.4, -0.2) is 66.4 Å². The van der Waals surface area contributed by atoms with Crippen molar-refractivity contribution in [2.75, 3.05) is 38.7 Å². The maximum absolute atomic E-state index is 14.1. The molecule has 2 aliphatic rings. The number of carbonyl (C=O) groups is 1. The lowest BCUT2D eigenvalue weighted by Crippen LogP contribution is -2.68. The molecular formula is C31H32FN3O3. The predicted molar refractivity (Wildman–Crippen MR) is 146 cm³/mol. The molecule has 6 nitrogen and oxygen atoms in total. The Morgan fingerprint density at radius 3 is 2.32 bits per heavy atom. The number of rotatable bonds is 4. The highest BCUT2D eigenvalue weighted by molar-refractivity contribution is 5.89. The quantitative estimate of drug-likeness (QED) is 0.497. The first-order valence-electron chi connectivity index (χ1n) is 13.0. The number of hydrogen-bond donors (Lipinski definition) is 2. The van der Waals surface area contributed by atoms with E-state index in [4.69, 9.17) is 4.74 Å². The summed E-state index contributed by atoms with van der Waals surface area (Å²) in [6.45, 7) is 2.07. The molecule has 0 aliphatic carbocycles. The maximum atomic E-state index is 14.1. The lowest BCUT2D eigenvalue weighted by Gasteiger charge is -2.57. The van der Waals surface area contributed by atoms with Crippen LogP contribution >= 0.6 is 0 Å². The van der Waals surface area contributed by atoms with Gasteiger partial charge < -0.3 is 20.1 Å². The molecule has 196 valence electrons. The number of urea groups is 1. The van der Waals surface area contributed by atoms with E-state index in [0.717, 1.165) is 41.8 Å². The van der Waals surface area contributed by atoms with Gasteiger partial charge in [-0.05, 0) is 73.5 Å². The highest BCUT2D eigenvalue weighted by atomic mass is 19.1. The summed E-state index contributed by atoms with van der Waals surface area (Å²) in [5.41, 5.74) is 3.12. The normalized spacial score (nSPS) is 21.1. The Kier molecular flexibility index (Phi) is 7.92. The van der Waals surface area contributed by atoms with E-state index in [-0.39, 0.29) is 36.3 Å². The van der Waals surface area contributed by atoms with Crippen molar-refractivity contribution in [1.82, 2.24) is 9.80 Å². The fourth-order valence-electron chi connectivity index (χ4n) is 5.49. The Balaban J connectivity index is 1.31. The van der Waals surface area contributed by atoms with Crippen LogP contribution in [0, 0.1) is 17.7 Å². The topological polar surface area (TPSA) is 65.0 Å². The average molecular weight is 514 g/mol. The van der Waals surface area contributed by atoms with Crippen molar-refractivity contribution in [2.45, 2.75) is 30.8 Å². The Morgan fingerprint density at radius 2 is 1.66 bits per heavy atom. The number of aliphatic hydroxyl groups is 1. The molecule has 5 rings (SSSR count). The van der Waals surface area contributed by atoms with Crippen LogP contribution in [0.1, 0.15) is 35.4 Å². The number of ether oxygens (including phenoxy) is 1. The van der Waals surface area contributed by atoms with Crippen molar-refractivity contribution in [3.05, 3.63) is 95.3 Å². The van der Waals surface area contributed by atoms with Crippen molar-refractivity contribution < 1.29 is 19.0 Å². The summed E-state index contributed by atoms with van der Waals surface area (Å²) in [4.78, 5) is 17.2. The van der Waals surface area contributed by atoms with Gasteiger partial charge in [0.25, 0.3) is 0 Å². The number of nitrogens with zero attached hydrogens (tertiary/aromatic N) is 2. The standard InChI is InChI=1S/C31H32FN3O3/c1-38-25-16-12-23(13-17-25)9-8-22-10-14-24(15-11-22)30-28-20-34(18-4-5-19-35(28)29(30)21-36)31(37)33-27-7-3-2-6-26(27)32/h2-3,6-7,10-17,28-30,36H,4-5,18-21H2,1H3,(H,33,37)/t28-,29+,30-/m0/s1. The van der Waals surface area contributed by atoms with Gasteiger partial charge in [0, 0.05) is 42.2 Å². The van der Waals surface area contributed by atoms with E-state index in [0.29, 0.717) is 13.1 Å². The van der Waals surface area contributed by atoms with Gasteiger partial charge in [-0.3, -0.25) is 4.90 Å². The van der Waals surface area contributed by atoms with Crippen LogP contribution in [-0.2, 0) is 0 Å².